The maximum atomic E-state index is 13.8. The molecular weight excluding hydrogens is 443 g/mol. The lowest BCUT2D eigenvalue weighted by atomic mass is 10.1. The van der Waals surface area contributed by atoms with Crippen molar-refractivity contribution < 1.29 is 27.8 Å². The molecule has 2 aromatic heterocycles. The summed E-state index contributed by atoms with van der Waals surface area (Å²) in [5, 5.41) is 12.0. The molecule has 174 valence electrons. The summed E-state index contributed by atoms with van der Waals surface area (Å²) < 4.78 is 48.6. The van der Waals surface area contributed by atoms with Gasteiger partial charge in [-0.2, -0.15) is 0 Å². The van der Waals surface area contributed by atoms with Gasteiger partial charge in [-0.1, -0.05) is 0 Å². The second kappa shape index (κ2) is 8.74. The van der Waals surface area contributed by atoms with Crippen LogP contribution in [0.5, 0.6) is 5.75 Å². The smallest absolute Gasteiger partial charge is 0.279 e. The molecule has 0 spiro atoms. The molecule has 1 aliphatic carbocycles. The van der Waals surface area contributed by atoms with Crippen LogP contribution in [-0.4, -0.2) is 33.2 Å². The molecule has 11 heteroatoms. The highest BCUT2D eigenvalue weighted by molar-refractivity contribution is 5.94. The van der Waals surface area contributed by atoms with E-state index in [9.17, 15) is 32.7 Å². The number of amides is 1. The maximum Gasteiger partial charge on any atom is 0.279 e. The molecule has 4 rings (SSSR count). The first-order chi connectivity index (χ1) is 15.7. The zero-order valence-corrected chi connectivity index (χ0v) is 17.5. The number of fused-ring (bicyclic) bond motifs is 1. The van der Waals surface area contributed by atoms with Crippen LogP contribution >= 0.6 is 0 Å². The van der Waals surface area contributed by atoms with Gasteiger partial charge in [0.05, 0.1) is 13.2 Å². The van der Waals surface area contributed by atoms with Crippen molar-refractivity contribution >= 4 is 11.4 Å². The molecule has 3 aromatic rings. The van der Waals surface area contributed by atoms with Gasteiger partial charge in [-0.15, -0.1) is 0 Å². The molecule has 0 aliphatic heterocycles. The first kappa shape index (κ1) is 22.6. The van der Waals surface area contributed by atoms with E-state index in [1.165, 1.54) is 28.5 Å². The predicted octanol–water partition coefficient (Wildman–Crippen LogP) is 1.90. The van der Waals surface area contributed by atoms with Crippen LogP contribution in [0.4, 0.5) is 13.2 Å². The summed E-state index contributed by atoms with van der Waals surface area (Å²) in [6, 6.07) is 0.723. The summed E-state index contributed by atoms with van der Waals surface area (Å²) in [4.78, 5) is 38.6. The molecule has 0 saturated heterocycles. The van der Waals surface area contributed by atoms with Gasteiger partial charge in [-0.3, -0.25) is 14.4 Å². The summed E-state index contributed by atoms with van der Waals surface area (Å²) in [5.41, 5.74) is -2.47. The molecule has 2 atom stereocenters. The van der Waals surface area contributed by atoms with Gasteiger partial charge in [-0.05, 0) is 19.3 Å². The highest BCUT2D eigenvalue weighted by Gasteiger charge is 2.27. The summed E-state index contributed by atoms with van der Waals surface area (Å²) in [7, 11) is 1.18. The number of carbonyl (C=O) groups excluding carboxylic acids is 1. The van der Waals surface area contributed by atoms with Crippen molar-refractivity contribution in [3.05, 3.63) is 79.9 Å². The van der Waals surface area contributed by atoms with E-state index in [0.717, 1.165) is 6.20 Å². The van der Waals surface area contributed by atoms with Gasteiger partial charge in [0.15, 0.2) is 11.3 Å². The van der Waals surface area contributed by atoms with E-state index < -0.39 is 58.1 Å². The number of aromatic nitrogens is 2. The van der Waals surface area contributed by atoms with E-state index in [0.29, 0.717) is 31.4 Å². The monoisotopic (exact) mass is 463 g/mol. The summed E-state index contributed by atoms with van der Waals surface area (Å²) in [5.74, 6) is -4.79. The molecule has 0 bridgehead atoms. The second-order valence-corrected chi connectivity index (χ2v) is 7.82. The number of benzene rings is 1. The first-order valence-corrected chi connectivity index (χ1v) is 10.1. The highest BCUT2D eigenvalue weighted by Crippen LogP contribution is 2.29. The Morgan fingerprint density at radius 1 is 1.18 bits per heavy atom. The minimum atomic E-state index is -1.18. The molecule has 1 amide bonds. The van der Waals surface area contributed by atoms with Gasteiger partial charge in [-0.25, -0.2) is 13.2 Å². The number of ether oxygens (including phenoxy) is 1. The predicted molar refractivity (Wildman–Crippen MR) is 111 cm³/mol. The van der Waals surface area contributed by atoms with Gasteiger partial charge in [0.2, 0.25) is 5.43 Å². The minimum absolute atomic E-state index is 0.0847. The number of rotatable bonds is 5. The minimum Gasteiger partial charge on any atom is -0.491 e. The standard InChI is InChI=1S/C22H20F3N3O5/c1-33-20-18-22(32)28(12-2-3-13(29)8-12)5-4-27(18)10-15(19(20)30)21(31)26-9-14-16(24)6-11(23)7-17(14)25/h4-7,10,12-13,29H,2-3,8-9H2,1H3,(H,26,31)/t12-,13+/m1/s1. The van der Waals surface area contributed by atoms with E-state index in [2.05, 4.69) is 5.32 Å². The molecular formula is C22H20F3N3O5. The lowest BCUT2D eigenvalue weighted by Crippen LogP contribution is -2.32. The zero-order valence-electron chi connectivity index (χ0n) is 17.5. The Bertz CT molecular complexity index is 1340. The third-order valence-electron chi connectivity index (χ3n) is 5.77. The van der Waals surface area contributed by atoms with Crippen molar-refractivity contribution in [1.82, 2.24) is 14.3 Å². The van der Waals surface area contributed by atoms with Crippen LogP contribution in [0.25, 0.3) is 5.52 Å². The number of aliphatic hydroxyl groups excluding tert-OH is 1. The van der Waals surface area contributed by atoms with E-state index in [4.69, 9.17) is 4.74 Å². The SMILES string of the molecule is COc1c(=O)c(C(=O)NCc2c(F)cc(F)cc2F)cn2ccn([C@@H]3CC[C@H](O)C3)c(=O)c12. The van der Waals surface area contributed by atoms with E-state index >= 15 is 0 Å². The van der Waals surface area contributed by atoms with E-state index in [1.54, 1.807) is 0 Å². The number of methoxy groups -OCH3 is 1. The molecule has 2 heterocycles. The van der Waals surface area contributed by atoms with Crippen LogP contribution in [0.3, 0.4) is 0 Å². The van der Waals surface area contributed by atoms with Crippen LogP contribution in [0, 0.1) is 17.5 Å². The van der Waals surface area contributed by atoms with Crippen LogP contribution in [0.15, 0.2) is 40.3 Å². The Hall–Kier alpha value is -3.60. The second-order valence-electron chi connectivity index (χ2n) is 7.82. The summed E-state index contributed by atoms with van der Waals surface area (Å²) in [6.07, 6.45) is 5.14. The van der Waals surface area contributed by atoms with E-state index in [-0.39, 0.29) is 17.3 Å². The number of nitrogens with zero attached hydrogens (tertiary/aromatic N) is 2. The Balaban J connectivity index is 1.70. The fraction of sp³-hybridized carbons (Fsp3) is 0.318. The molecule has 1 fully saturated rings. The fourth-order valence-electron chi connectivity index (χ4n) is 4.10. The maximum absolute atomic E-state index is 13.8. The topological polar surface area (TPSA) is 102 Å². The van der Waals surface area contributed by atoms with Gasteiger partial charge in [0.25, 0.3) is 11.5 Å². The van der Waals surface area contributed by atoms with Crippen molar-refractivity contribution in [3.63, 3.8) is 0 Å². The molecule has 1 saturated carbocycles. The number of halogens is 3. The Kier molecular flexibility index (Phi) is 5.98. The van der Waals surface area contributed by atoms with E-state index in [1.807, 2.05) is 0 Å². The highest BCUT2D eigenvalue weighted by atomic mass is 19.1. The third kappa shape index (κ3) is 4.11. The Morgan fingerprint density at radius 3 is 2.48 bits per heavy atom. The van der Waals surface area contributed by atoms with Crippen molar-refractivity contribution in [2.75, 3.05) is 7.11 Å². The molecule has 33 heavy (non-hydrogen) atoms. The molecule has 0 unspecified atom stereocenters. The lowest BCUT2D eigenvalue weighted by molar-refractivity contribution is 0.0948. The lowest BCUT2D eigenvalue weighted by Gasteiger charge is -2.16. The number of aliphatic hydroxyl groups is 1. The van der Waals surface area contributed by atoms with Crippen molar-refractivity contribution in [3.8, 4) is 5.75 Å². The number of carbonyl (C=O) groups is 1. The number of nitrogens with one attached hydrogen (secondary N) is 1. The molecule has 1 aliphatic rings. The van der Waals surface area contributed by atoms with Gasteiger partial charge in [0, 0.05) is 48.9 Å². The van der Waals surface area contributed by atoms with Gasteiger partial charge < -0.3 is 24.1 Å². The van der Waals surface area contributed by atoms with Crippen LogP contribution in [0.1, 0.15) is 41.2 Å². The van der Waals surface area contributed by atoms with Gasteiger partial charge >= 0.3 is 0 Å². The molecule has 2 N–H and O–H groups in total. The summed E-state index contributed by atoms with van der Waals surface area (Å²) in [6.45, 7) is -0.632. The molecule has 8 nitrogen and oxygen atoms in total. The van der Waals surface area contributed by atoms with Gasteiger partial charge in [0.1, 0.15) is 23.0 Å². The van der Waals surface area contributed by atoms with Crippen molar-refractivity contribution in [2.45, 2.75) is 38.0 Å². The number of pyridine rings is 1. The summed E-state index contributed by atoms with van der Waals surface area (Å²) >= 11 is 0. The largest absolute Gasteiger partial charge is 0.491 e. The number of hydrogen-bond acceptors (Lipinski definition) is 5. The third-order valence-corrected chi connectivity index (χ3v) is 5.77. The first-order valence-electron chi connectivity index (χ1n) is 10.1. The van der Waals surface area contributed by atoms with Crippen LogP contribution < -0.4 is 21.0 Å². The average Bonchev–Trinajstić information content (AvgIpc) is 3.19. The average molecular weight is 463 g/mol. The Morgan fingerprint density at radius 2 is 1.88 bits per heavy atom. The zero-order chi connectivity index (χ0) is 23.9. The van der Waals surface area contributed by atoms with Crippen LogP contribution in [-0.2, 0) is 6.54 Å². The Labute approximate surface area is 184 Å². The normalized spacial score (nSPS) is 18.0. The fourth-order valence-corrected chi connectivity index (χ4v) is 4.10. The number of hydrogen-bond donors (Lipinski definition) is 2. The molecule has 0 radical (unpaired) electrons. The van der Waals surface area contributed by atoms with Crippen LogP contribution in [0.2, 0.25) is 0 Å². The molecule has 1 aromatic carbocycles. The quantitative estimate of drug-likeness (QED) is 0.602. The van der Waals surface area contributed by atoms with Crippen molar-refractivity contribution in [2.24, 2.45) is 0 Å². The van der Waals surface area contributed by atoms with Crippen molar-refractivity contribution in [1.29, 1.82) is 0 Å².